The second kappa shape index (κ2) is 10.2. The number of ether oxygens (including phenoxy) is 1. The average molecular weight is 439 g/mol. The molecular formula is C24H26N2O4S. The molecule has 0 saturated heterocycles. The highest BCUT2D eigenvalue weighted by molar-refractivity contribution is 7.89. The summed E-state index contributed by atoms with van der Waals surface area (Å²) in [5, 5.41) is 2.89. The SMILES string of the molecule is COc1ccc(S(=O)(=O)N(CC(=O)NC(C)c2ccccc2)Cc2ccccc2)cc1. The van der Waals surface area contributed by atoms with Crippen molar-refractivity contribution in [1.29, 1.82) is 0 Å². The first kappa shape index (κ1) is 22.5. The van der Waals surface area contributed by atoms with E-state index in [1.54, 1.807) is 12.1 Å². The molecule has 0 saturated carbocycles. The van der Waals surface area contributed by atoms with Crippen LogP contribution in [0.3, 0.4) is 0 Å². The number of amides is 1. The van der Waals surface area contributed by atoms with Crippen LogP contribution >= 0.6 is 0 Å². The summed E-state index contributed by atoms with van der Waals surface area (Å²) in [4.78, 5) is 12.9. The zero-order chi connectivity index (χ0) is 22.3. The number of hydrogen-bond donors (Lipinski definition) is 1. The highest BCUT2D eigenvalue weighted by Gasteiger charge is 2.27. The van der Waals surface area contributed by atoms with Crippen molar-refractivity contribution in [3.8, 4) is 5.75 Å². The van der Waals surface area contributed by atoms with Gasteiger partial charge in [-0.15, -0.1) is 0 Å². The van der Waals surface area contributed by atoms with Gasteiger partial charge in [-0.25, -0.2) is 8.42 Å². The molecular weight excluding hydrogens is 412 g/mol. The van der Waals surface area contributed by atoms with Crippen molar-refractivity contribution in [2.24, 2.45) is 0 Å². The van der Waals surface area contributed by atoms with Gasteiger partial charge >= 0.3 is 0 Å². The fourth-order valence-corrected chi connectivity index (χ4v) is 4.57. The van der Waals surface area contributed by atoms with Gasteiger partial charge in [-0.05, 0) is 42.3 Å². The molecule has 1 unspecified atom stereocenters. The Labute approximate surface area is 183 Å². The van der Waals surface area contributed by atoms with Crippen molar-refractivity contribution in [3.63, 3.8) is 0 Å². The molecule has 0 heterocycles. The van der Waals surface area contributed by atoms with E-state index in [4.69, 9.17) is 4.74 Å². The van der Waals surface area contributed by atoms with Gasteiger partial charge in [-0.3, -0.25) is 4.79 Å². The van der Waals surface area contributed by atoms with E-state index in [-0.39, 0.29) is 29.9 Å². The second-order valence-electron chi connectivity index (χ2n) is 7.13. The molecule has 1 atom stereocenters. The molecule has 3 aromatic carbocycles. The van der Waals surface area contributed by atoms with Crippen LogP contribution in [-0.4, -0.2) is 32.3 Å². The number of methoxy groups -OCH3 is 1. The number of rotatable bonds is 9. The Kier molecular flexibility index (Phi) is 7.44. The number of carbonyl (C=O) groups excluding carboxylic acids is 1. The summed E-state index contributed by atoms with van der Waals surface area (Å²) in [7, 11) is -2.39. The maximum atomic E-state index is 13.3. The van der Waals surface area contributed by atoms with Gasteiger partial charge in [0.2, 0.25) is 15.9 Å². The molecule has 1 amide bonds. The molecule has 0 aliphatic rings. The van der Waals surface area contributed by atoms with Crippen LogP contribution in [0.2, 0.25) is 0 Å². The largest absolute Gasteiger partial charge is 0.497 e. The van der Waals surface area contributed by atoms with Gasteiger partial charge in [0.15, 0.2) is 0 Å². The lowest BCUT2D eigenvalue weighted by Gasteiger charge is -2.23. The van der Waals surface area contributed by atoms with Crippen molar-refractivity contribution in [2.45, 2.75) is 24.4 Å². The Bertz CT molecular complexity index is 1090. The Morgan fingerprint density at radius 2 is 1.52 bits per heavy atom. The van der Waals surface area contributed by atoms with E-state index in [2.05, 4.69) is 5.32 Å². The lowest BCUT2D eigenvalue weighted by atomic mass is 10.1. The molecule has 0 radical (unpaired) electrons. The molecule has 0 aromatic heterocycles. The van der Waals surface area contributed by atoms with E-state index in [1.807, 2.05) is 67.6 Å². The van der Waals surface area contributed by atoms with Crippen LogP contribution in [0.1, 0.15) is 24.1 Å². The van der Waals surface area contributed by atoms with E-state index in [9.17, 15) is 13.2 Å². The average Bonchev–Trinajstić information content (AvgIpc) is 2.80. The van der Waals surface area contributed by atoms with Crippen LogP contribution in [0.15, 0.2) is 89.8 Å². The minimum atomic E-state index is -3.90. The summed E-state index contributed by atoms with van der Waals surface area (Å²) in [5.41, 5.74) is 1.74. The number of benzene rings is 3. The summed E-state index contributed by atoms with van der Waals surface area (Å²) in [6.07, 6.45) is 0. The lowest BCUT2D eigenvalue weighted by Crippen LogP contribution is -2.41. The first-order chi connectivity index (χ1) is 14.9. The minimum Gasteiger partial charge on any atom is -0.497 e. The lowest BCUT2D eigenvalue weighted by molar-refractivity contribution is -0.122. The number of nitrogens with one attached hydrogen (secondary N) is 1. The molecule has 3 aromatic rings. The minimum absolute atomic E-state index is 0.0857. The highest BCUT2D eigenvalue weighted by Crippen LogP contribution is 2.21. The second-order valence-corrected chi connectivity index (χ2v) is 9.07. The van der Waals surface area contributed by atoms with Crippen molar-refractivity contribution < 1.29 is 17.9 Å². The molecule has 0 fully saturated rings. The van der Waals surface area contributed by atoms with E-state index < -0.39 is 10.0 Å². The molecule has 0 bridgehead atoms. The third kappa shape index (κ3) is 5.93. The van der Waals surface area contributed by atoms with E-state index in [1.165, 1.54) is 23.5 Å². The van der Waals surface area contributed by atoms with Crippen LogP contribution < -0.4 is 10.1 Å². The van der Waals surface area contributed by atoms with Gasteiger partial charge in [-0.2, -0.15) is 4.31 Å². The Hall–Kier alpha value is -3.16. The van der Waals surface area contributed by atoms with Gasteiger partial charge in [0.1, 0.15) is 5.75 Å². The van der Waals surface area contributed by atoms with Crippen LogP contribution in [0.4, 0.5) is 0 Å². The maximum Gasteiger partial charge on any atom is 0.243 e. The quantitative estimate of drug-likeness (QED) is 0.552. The van der Waals surface area contributed by atoms with Crippen molar-refractivity contribution >= 4 is 15.9 Å². The third-order valence-corrected chi connectivity index (χ3v) is 6.70. The van der Waals surface area contributed by atoms with E-state index >= 15 is 0 Å². The summed E-state index contributed by atoms with van der Waals surface area (Å²) in [6, 6.07) is 24.6. The van der Waals surface area contributed by atoms with E-state index in [0.717, 1.165) is 11.1 Å². The van der Waals surface area contributed by atoms with Gasteiger partial charge < -0.3 is 10.1 Å². The molecule has 0 aliphatic heterocycles. The summed E-state index contributed by atoms with van der Waals surface area (Å²) in [5.74, 6) is 0.187. The number of sulfonamides is 1. The molecule has 162 valence electrons. The normalized spacial score (nSPS) is 12.4. The fraction of sp³-hybridized carbons (Fsp3) is 0.208. The summed E-state index contributed by atoms with van der Waals surface area (Å²) >= 11 is 0. The number of nitrogens with zero attached hydrogens (tertiary/aromatic N) is 1. The van der Waals surface area contributed by atoms with Crippen LogP contribution in [0.5, 0.6) is 5.75 Å². The van der Waals surface area contributed by atoms with Crippen LogP contribution in [0, 0.1) is 0 Å². The third-order valence-electron chi connectivity index (χ3n) is 4.90. The number of hydrogen-bond acceptors (Lipinski definition) is 4. The van der Waals surface area contributed by atoms with Gasteiger partial charge in [0.25, 0.3) is 0 Å². The molecule has 3 rings (SSSR count). The van der Waals surface area contributed by atoms with Crippen molar-refractivity contribution in [3.05, 3.63) is 96.1 Å². The van der Waals surface area contributed by atoms with Gasteiger partial charge in [-0.1, -0.05) is 60.7 Å². The molecule has 6 nitrogen and oxygen atoms in total. The molecule has 1 N–H and O–H groups in total. The Balaban J connectivity index is 1.82. The summed E-state index contributed by atoms with van der Waals surface area (Å²) in [6.45, 7) is 1.66. The zero-order valence-corrected chi connectivity index (χ0v) is 18.4. The smallest absolute Gasteiger partial charge is 0.243 e. The van der Waals surface area contributed by atoms with Crippen molar-refractivity contribution in [1.82, 2.24) is 9.62 Å². The van der Waals surface area contributed by atoms with Crippen molar-refractivity contribution in [2.75, 3.05) is 13.7 Å². The highest BCUT2D eigenvalue weighted by atomic mass is 32.2. The summed E-state index contributed by atoms with van der Waals surface area (Å²) < 4.78 is 33.0. The van der Waals surface area contributed by atoms with Gasteiger partial charge in [0, 0.05) is 6.54 Å². The standard InChI is InChI=1S/C24H26N2O4S/c1-19(21-11-7-4-8-12-21)25-24(27)18-26(17-20-9-5-3-6-10-20)31(28,29)23-15-13-22(30-2)14-16-23/h3-16,19H,17-18H2,1-2H3,(H,25,27). The molecule has 0 aliphatic carbocycles. The van der Waals surface area contributed by atoms with Crippen LogP contribution in [0.25, 0.3) is 0 Å². The maximum absolute atomic E-state index is 13.3. The molecule has 31 heavy (non-hydrogen) atoms. The Morgan fingerprint density at radius 3 is 2.10 bits per heavy atom. The van der Waals surface area contributed by atoms with Crippen LogP contribution in [-0.2, 0) is 21.4 Å². The molecule has 7 heteroatoms. The Morgan fingerprint density at radius 1 is 0.935 bits per heavy atom. The topological polar surface area (TPSA) is 75.7 Å². The number of carbonyl (C=O) groups is 1. The first-order valence-electron chi connectivity index (χ1n) is 9.92. The first-order valence-corrected chi connectivity index (χ1v) is 11.4. The van der Waals surface area contributed by atoms with E-state index in [0.29, 0.717) is 5.75 Å². The predicted octanol–water partition coefficient (Wildman–Crippen LogP) is 3.76. The predicted molar refractivity (Wildman–Crippen MR) is 120 cm³/mol. The fourth-order valence-electron chi connectivity index (χ4n) is 3.18. The van der Waals surface area contributed by atoms with Gasteiger partial charge in [0.05, 0.1) is 24.6 Å². The monoisotopic (exact) mass is 438 g/mol. The molecule has 0 spiro atoms. The zero-order valence-electron chi connectivity index (χ0n) is 17.6.